The summed E-state index contributed by atoms with van der Waals surface area (Å²) in [5.74, 6) is 1.18. The lowest BCUT2D eigenvalue weighted by molar-refractivity contribution is 0.0697. The molecule has 7 nitrogen and oxygen atoms in total. The summed E-state index contributed by atoms with van der Waals surface area (Å²) in [5.41, 5.74) is 1.84. The van der Waals surface area contributed by atoms with E-state index in [1.165, 1.54) is 12.1 Å². The molecule has 3 rings (SSSR count). The van der Waals surface area contributed by atoms with Crippen LogP contribution in [0.5, 0.6) is 17.4 Å². The highest BCUT2D eigenvalue weighted by molar-refractivity contribution is 5.89. The fraction of sp³-hybridized carbons (Fsp3) is 0.190. The van der Waals surface area contributed by atoms with Gasteiger partial charge in [0.15, 0.2) is 17.3 Å². The zero-order valence-corrected chi connectivity index (χ0v) is 15.6. The van der Waals surface area contributed by atoms with Crippen molar-refractivity contribution in [2.24, 2.45) is 0 Å². The van der Waals surface area contributed by atoms with Crippen LogP contribution in [0.25, 0.3) is 11.4 Å². The zero-order chi connectivity index (χ0) is 19.9. The third-order valence-electron chi connectivity index (χ3n) is 4.09. The van der Waals surface area contributed by atoms with Gasteiger partial charge in [-0.05, 0) is 29.8 Å². The first-order chi connectivity index (χ1) is 13.6. The lowest BCUT2D eigenvalue weighted by Gasteiger charge is -2.10. The molecule has 1 aromatic heterocycles. The molecule has 0 saturated heterocycles. The average molecular weight is 380 g/mol. The van der Waals surface area contributed by atoms with E-state index in [1.54, 1.807) is 38.6 Å². The van der Waals surface area contributed by atoms with Gasteiger partial charge in [0.2, 0.25) is 5.88 Å². The van der Waals surface area contributed by atoms with Gasteiger partial charge in [0.1, 0.15) is 0 Å². The number of methoxy groups -OCH3 is 2. The summed E-state index contributed by atoms with van der Waals surface area (Å²) >= 11 is 0. The maximum absolute atomic E-state index is 11.1. The number of carboxylic acid groups (broad SMARTS) is 1. The quantitative estimate of drug-likeness (QED) is 0.640. The van der Waals surface area contributed by atoms with Crippen LogP contribution in [0.3, 0.4) is 0 Å². The molecule has 3 aromatic rings. The van der Waals surface area contributed by atoms with Crippen molar-refractivity contribution in [3.8, 4) is 28.8 Å². The maximum Gasteiger partial charge on any atom is 0.335 e. The first-order valence-electron chi connectivity index (χ1n) is 8.61. The van der Waals surface area contributed by atoms with E-state index in [4.69, 9.17) is 19.3 Å². The molecule has 0 aliphatic carbocycles. The van der Waals surface area contributed by atoms with E-state index >= 15 is 0 Å². The Morgan fingerprint density at radius 2 is 1.86 bits per heavy atom. The van der Waals surface area contributed by atoms with Gasteiger partial charge in [0.05, 0.1) is 26.4 Å². The molecule has 0 aliphatic rings. The van der Waals surface area contributed by atoms with Crippen LogP contribution in [-0.2, 0) is 6.42 Å². The highest BCUT2D eigenvalue weighted by Gasteiger charge is 2.09. The van der Waals surface area contributed by atoms with Crippen molar-refractivity contribution in [1.29, 1.82) is 0 Å². The summed E-state index contributed by atoms with van der Waals surface area (Å²) in [6.45, 7) is 0.418. The van der Waals surface area contributed by atoms with Crippen LogP contribution in [0, 0.1) is 0 Å². The number of hydrogen-bond acceptors (Lipinski definition) is 6. The lowest BCUT2D eigenvalue weighted by atomic mass is 10.1. The minimum Gasteiger partial charge on any atom is -0.493 e. The highest BCUT2D eigenvalue weighted by Crippen LogP contribution is 2.27. The Bertz CT molecular complexity index is 975. The summed E-state index contributed by atoms with van der Waals surface area (Å²) in [5, 5.41) is 9.12. The molecule has 1 heterocycles. The fourth-order valence-corrected chi connectivity index (χ4v) is 2.66. The summed E-state index contributed by atoms with van der Waals surface area (Å²) in [6.07, 6.45) is 2.25. The molecule has 0 amide bonds. The second-order valence-electron chi connectivity index (χ2n) is 5.89. The Morgan fingerprint density at radius 3 is 2.61 bits per heavy atom. The van der Waals surface area contributed by atoms with Crippen molar-refractivity contribution in [3.05, 3.63) is 65.9 Å². The molecular formula is C21H20N2O5. The van der Waals surface area contributed by atoms with Crippen molar-refractivity contribution < 1.29 is 24.1 Å². The highest BCUT2D eigenvalue weighted by atomic mass is 16.5. The smallest absolute Gasteiger partial charge is 0.335 e. The summed E-state index contributed by atoms with van der Waals surface area (Å²) in [6, 6.07) is 13.9. The predicted octanol–water partition coefficient (Wildman–Crippen LogP) is 3.48. The molecule has 144 valence electrons. The first kappa shape index (κ1) is 19.2. The number of benzene rings is 2. The van der Waals surface area contributed by atoms with Gasteiger partial charge < -0.3 is 19.3 Å². The van der Waals surface area contributed by atoms with Crippen LogP contribution in [0.15, 0.2) is 54.7 Å². The molecule has 1 N–H and O–H groups in total. The van der Waals surface area contributed by atoms with Crippen molar-refractivity contribution in [2.75, 3.05) is 20.8 Å². The van der Waals surface area contributed by atoms with E-state index in [9.17, 15) is 4.79 Å². The molecule has 0 saturated carbocycles. The molecule has 0 aliphatic heterocycles. The molecule has 7 heteroatoms. The number of ether oxygens (including phenoxy) is 3. The van der Waals surface area contributed by atoms with Gasteiger partial charge in [-0.15, -0.1) is 0 Å². The van der Waals surface area contributed by atoms with Crippen LogP contribution in [0.4, 0.5) is 0 Å². The molecule has 0 radical (unpaired) electrons. The largest absolute Gasteiger partial charge is 0.493 e. The first-order valence-corrected chi connectivity index (χ1v) is 8.61. The van der Waals surface area contributed by atoms with Crippen LogP contribution in [-0.4, -0.2) is 41.9 Å². The number of nitrogens with zero attached hydrogens (tertiary/aromatic N) is 2. The van der Waals surface area contributed by atoms with E-state index in [0.717, 1.165) is 5.56 Å². The van der Waals surface area contributed by atoms with Crippen molar-refractivity contribution in [3.63, 3.8) is 0 Å². The Labute approximate surface area is 162 Å². The van der Waals surface area contributed by atoms with Gasteiger partial charge in [-0.25, -0.2) is 9.78 Å². The van der Waals surface area contributed by atoms with E-state index in [2.05, 4.69) is 9.97 Å². The molecule has 0 bridgehead atoms. The van der Waals surface area contributed by atoms with Gasteiger partial charge in [-0.2, -0.15) is 4.98 Å². The van der Waals surface area contributed by atoms with Gasteiger partial charge in [0.25, 0.3) is 0 Å². The van der Waals surface area contributed by atoms with Crippen LogP contribution in [0.1, 0.15) is 15.9 Å². The molecule has 0 fully saturated rings. The molecule has 0 spiro atoms. The summed E-state index contributed by atoms with van der Waals surface area (Å²) < 4.78 is 16.3. The van der Waals surface area contributed by atoms with Gasteiger partial charge in [-0.1, -0.05) is 18.2 Å². The van der Waals surface area contributed by atoms with Gasteiger partial charge in [0, 0.05) is 24.2 Å². The Hall–Kier alpha value is -3.61. The van der Waals surface area contributed by atoms with Crippen molar-refractivity contribution in [1.82, 2.24) is 9.97 Å². The molecule has 0 atom stereocenters. The van der Waals surface area contributed by atoms with Crippen LogP contribution in [0.2, 0.25) is 0 Å². The molecule has 28 heavy (non-hydrogen) atoms. The lowest BCUT2D eigenvalue weighted by Crippen LogP contribution is -2.04. The third-order valence-corrected chi connectivity index (χ3v) is 4.09. The van der Waals surface area contributed by atoms with Crippen LogP contribution >= 0.6 is 0 Å². The molecule has 2 aromatic carbocycles. The Balaban J connectivity index is 1.67. The van der Waals surface area contributed by atoms with Crippen molar-refractivity contribution in [2.45, 2.75) is 6.42 Å². The van der Waals surface area contributed by atoms with E-state index < -0.39 is 5.97 Å². The van der Waals surface area contributed by atoms with E-state index in [1.807, 2.05) is 18.2 Å². The summed E-state index contributed by atoms with van der Waals surface area (Å²) in [7, 11) is 3.19. The van der Waals surface area contributed by atoms with E-state index in [-0.39, 0.29) is 5.56 Å². The fourth-order valence-electron chi connectivity index (χ4n) is 2.66. The van der Waals surface area contributed by atoms with Gasteiger partial charge in [-0.3, -0.25) is 0 Å². The van der Waals surface area contributed by atoms with Crippen molar-refractivity contribution >= 4 is 5.97 Å². The zero-order valence-electron chi connectivity index (χ0n) is 15.6. The second-order valence-corrected chi connectivity index (χ2v) is 5.89. The third kappa shape index (κ3) is 4.56. The van der Waals surface area contributed by atoms with Gasteiger partial charge >= 0.3 is 5.97 Å². The molecular weight excluding hydrogens is 360 g/mol. The second kappa shape index (κ2) is 8.85. The minimum absolute atomic E-state index is 0.181. The number of carboxylic acids is 1. The number of carbonyl (C=O) groups is 1. The standard InChI is InChI=1S/C21H20N2O5/c1-26-17-7-6-14(12-18(17)27-2)9-11-28-19-8-10-22-20(23-19)15-4-3-5-16(13-15)21(24)25/h3-8,10,12-13H,9,11H2,1-2H3,(H,24,25). The normalized spacial score (nSPS) is 10.4. The average Bonchev–Trinajstić information content (AvgIpc) is 2.74. The summed E-state index contributed by atoms with van der Waals surface area (Å²) in [4.78, 5) is 19.7. The Morgan fingerprint density at radius 1 is 1.04 bits per heavy atom. The number of rotatable bonds is 8. The van der Waals surface area contributed by atoms with E-state index in [0.29, 0.717) is 41.8 Å². The monoisotopic (exact) mass is 380 g/mol. The number of hydrogen-bond donors (Lipinski definition) is 1. The number of aromatic carboxylic acids is 1. The SMILES string of the molecule is COc1ccc(CCOc2ccnc(-c3cccc(C(=O)O)c3)n2)cc1OC. The molecule has 0 unspecified atom stereocenters. The maximum atomic E-state index is 11.1. The Kier molecular flexibility index (Phi) is 6.06. The van der Waals surface area contributed by atoms with Crippen LogP contribution < -0.4 is 14.2 Å². The minimum atomic E-state index is -0.996. The number of aromatic nitrogens is 2. The predicted molar refractivity (Wildman–Crippen MR) is 103 cm³/mol. The topological polar surface area (TPSA) is 90.8 Å².